The highest BCUT2D eigenvalue weighted by Crippen LogP contribution is 2.29. The van der Waals surface area contributed by atoms with Crippen molar-refractivity contribution in [3.63, 3.8) is 0 Å². The lowest BCUT2D eigenvalue weighted by atomic mass is 10.0. The fourth-order valence-electron chi connectivity index (χ4n) is 2.26. The maximum absolute atomic E-state index is 13.7. The van der Waals surface area contributed by atoms with E-state index in [0.717, 1.165) is 11.6 Å². The summed E-state index contributed by atoms with van der Waals surface area (Å²) in [5.41, 5.74) is 7.02. The van der Waals surface area contributed by atoms with Crippen LogP contribution in [0.3, 0.4) is 0 Å². The number of hydrogen-bond acceptors (Lipinski definition) is 5. The second-order valence-corrected chi connectivity index (χ2v) is 5.66. The normalized spacial score (nSPS) is 13.5. The van der Waals surface area contributed by atoms with Crippen LogP contribution >= 0.6 is 0 Å². The van der Waals surface area contributed by atoms with Crippen molar-refractivity contribution in [3.8, 4) is 5.75 Å². The van der Waals surface area contributed by atoms with Gasteiger partial charge in [-0.2, -0.15) is 4.39 Å². The summed E-state index contributed by atoms with van der Waals surface area (Å²) in [5.74, 6) is -2.66. The van der Waals surface area contributed by atoms with Crippen molar-refractivity contribution in [2.24, 2.45) is 0 Å². The van der Waals surface area contributed by atoms with Crippen LogP contribution in [0.2, 0.25) is 0 Å². The number of anilines is 1. The average molecular weight is 356 g/mol. The van der Waals surface area contributed by atoms with Crippen molar-refractivity contribution < 1.29 is 26.5 Å². The van der Waals surface area contributed by atoms with Crippen molar-refractivity contribution in [1.82, 2.24) is 0 Å². The summed E-state index contributed by atoms with van der Waals surface area (Å²) in [6.07, 6.45) is -0.698. The van der Waals surface area contributed by atoms with E-state index < -0.39 is 34.8 Å². The van der Waals surface area contributed by atoms with E-state index in [9.17, 15) is 17.5 Å². The highest BCUT2D eigenvalue weighted by molar-refractivity contribution is 7.74. The molecule has 0 amide bonds. The van der Waals surface area contributed by atoms with Gasteiger partial charge in [0.1, 0.15) is 6.10 Å². The lowest BCUT2D eigenvalue weighted by molar-refractivity contribution is 0.162. The van der Waals surface area contributed by atoms with Crippen LogP contribution in [0, 0.1) is 18.6 Å². The standard InChI is InChI=1S/C16H17F2NO4S/c1-10-4-2-3-5-11(10)14(23-24(20)21)8-9-22-16-13(19)7-6-12(17)15(16)18/h2-7,14H,8-9,19H2,1H3,(H,20,21)/p-1. The number of nitrogens with two attached hydrogens (primary N) is 1. The van der Waals surface area contributed by atoms with Crippen molar-refractivity contribution in [2.45, 2.75) is 19.4 Å². The van der Waals surface area contributed by atoms with Gasteiger partial charge in [0.05, 0.1) is 23.7 Å². The molecule has 130 valence electrons. The van der Waals surface area contributed by atoms with E-state index in [4.69, 9.17) is 14.7 Å². The van der Waals surface area contributed by atoms with Crippen LogP contribution in [0.1, 0.15) is 23.7 Å². The highest BCUT2D eigenvalue weighted by atomic mass is 32.2. The number of ether oxygens (including phenoxy) is 1. The molecule has 0 aliphatic rings. The molecule has 2 rings (SSSR count). The largest absolute Gasteiger partial charge is 0.750 e. The first kappa shape index (κ1) is 18.3. The molecule has 2 unspecified atom stereocenters. The first-order chi connectivity index (χ1) is 11.4. The summed E-state index contributed by atoms with van der Waals surface area (Å²) >= 11 is -2.73. The number of halogens is 2. The molecule has 2 atom stereocenters. The number of hydrogen-bond donors (Lipinski definition) is 1. The fraction of sp³-hybridized carbons (Fsp3) is 0.250. The molecule has 2 aromatic carbocycles. The maximum Gasteiger partial charge on any atom is 0.202 e. The maximum atomic E-state index is 13.7. The number of nitrogen functional groups attached to an aromatic ring is 1. The zero-order valence-electron chi connectivity index (χ0n) is 12.8. The third-order valence-corrected chi connectivity index (χ3v) is 3.83. The average Bonchev–Trinajstić information content (AvgIpc) is 2.53. The van der Waals surface area contributed by atoms with Crippen LogP contribution in [0.15, 0.2) is 36.4 Å². The van der Waals surface area contributed by atoms with Crippen LogP contribution < -0.4 is 10.5 Å². The van der Waals surface area contributed by atoms with Gasteiger partial charge in [-0.3, -0.25) is 4.18 Å². The molecule has 0 spiro atoms. The van der Waals surface area contributed by atoms with E-state index in [2.05, 4.69) is 0 Å². The second-order valence-electron chi connectivity index (χ2n) is 5.06. The van der Waals surface area contributed by atoms with Gasteiger partial charge in [0.15, 0.2) is 11.6 Å². The van der Waals surface area contributed by atoms with E-state index in [-0.39, 0.29) is 18.7 Å². The van der Waals surface area contributed by atoms with Gasteiger partial charge in [0, 0.05) is 6.42 Å². The number of aryl methyl sites for hydroxylation is 1. The van der Waals surface area contributed by atoms with Gasteiger partial charge in [0.25, 0.3) is 0 Å². The van der Waals surface area contributed by atoms with Crippen LogP contribution in [-0.2, 0) is 15.5 Å². The van der Waals surface area contributed by atoms with E-state index in [0.29, 0.717) is 5.56 Å². The molecule has 0 aliphatic carbocycles. The minimum absolute atomic E-state index is 0.0466. The Morgan fingerprint density at radius 3 is 2.62 bits per heavy atom. The quantitative estimate of drug-likeness (QED) is 0.608. The molecule has 0 saturated carbocycles. The fourth-order valence-corrected chi connectivity index (χ4v) is 2.65. The summed E-state index contributed by atoms with van der Waals surface area (Å²) < 4.78 is 58.7. The molecule has 0 aromatic heterocycles. The Labute approximate surface area is 140 Å². The van der Waals surface area contributed by atoms with E-state index in [1.54, 1.807) is 12.1 Å². The van der Waals surface area contributed by atoms with Crippen LogP contribution in [-0.4, -0.2) is 15.4 Å². The van der Waals surface area contributed by atoms with Crippen molar-refractivity contribution in [1.29, 1.82) is 0 Å². The van der Waals surface area contributed by atoms with E-state index in [1.165, 1.54) is 6.07 Å². The second kappa shape index (κ2) is 8.18. The first-order valence-corrected chi connectivity index (χ1v) is 8.08. The van der Waals surface area contributed by atoms with Gasteiger partial charge in [-0.25, -0.2) is 8.60 Å². The number of rotatable bonds is 7. The molecule has 0 saturated heterocycles. The van der Waals surface area contributed by atoms with Crippen LogP contribution in [0.5, 0.6) is 5.75 Å². The predicted octanol–water partition coefficient (Wildman–Crippen LogP) is 3.18. The molecule has 0 bridgehead atoms. The minimum Gasteiger partial charge on any atom is -0.750 e. The van der Waals surface area contributed by atoms with Gasteiger partial charge in [-0.05, 0) is 30.2 Å². The Hall–Kier alpha value is -2.03. The molecular formula is C16H16F2NO4S-. The molecule has 8 heteroatoms. The van der Waals surface area contributed by atoms with Crippen molar-refractivity contribution in [2.75, 3.05) is 12.3 Å². The predicted molar refractivity (Wildman–Crippen MR) is 84.8 cm³/mol. The smallest absolute Gasteiger partial charge is 0.202 e. The Kier molecular flexibility index (Phi) is 6.24. The minimum atomic E-state index is -2.73. The molecule has 2 N–H and O–H groups in total. The Morgan fingerprint density at radius 2 is 1.96 bits per heavy atom. The van der Waals surface area contributed by atoms with Crippen LogP contribution in [0.4, 0.5) is 14.5 Å². The van der Waals surface area contributed by atoms with E-state index in [1.807, 2.05) is 19.1 Å². The number of benzene rings is 2. The van der Waals surface area contributed by atoms with Gasteiger partial charge >= 0.3 is 0 Å². The Morgan fingerprint density at radius 1 is 1.25 bits per heavy atom. The Balaban J connectivity index is 2.11. The Bertz CT molecular complexity index is 742. The third kappa shape index (κ3) is 4.50. The monoisotopic (exact) mass is 356 g/mol. The molecule has 0 aliphatic heterocycles. The van der Waals surface area contributed by atoms with Crippen LogP contribution in [0.25, 0.3) is 0 Å². The molecule has 0 radical (unpaired) electrons. The summed E-state index contributed by atoms with van der Waals surface area (Å²) in [6.45, 7) is 1.70. The SMILES string of the molecule is Cc1ccccc1C(CCOc1c(N)ccc(F)c1F)OS(=O)[O-]. The molecule has 5 nitrogen and oxygen atoms in total. The molecule has 0 fully saturated rings. The van der Waals surface area contributed by atoms with Crippen molar-refractivity contribution in [3.05, 3.63) is 59.2 Å². The molecule has 24 heavy (non-hydrogen) atoms. The van der Waals surface area contributed by atoms with Gasteiger partial charge in [0.2, 0.25) is 5.82 Å². The summed E-state index contributed by atoms with van der Waals surface area (Å²) in [6, 6.07) is 9.18. The highest BCUT2D eigenvalue weighted by Gasteiger charge is 2.18. The summed E-state index contributed by atoms with van der Waals surface area (Å²) in [4.78, 5) is 0. The zero-order valence-corrected chi connectivity index (χ0v) is 13.6. The van der Waals surface area contributed by atoms with E-state index >= 15 is 0 Å². The summed E-state index contributed by atoms with van der Waals surface area (Å²) in [7, 11) is 0. The lowest BCUT2D eigenvalue weighted by Crippen LogP contribution is -2.13. The molecular weight excluding hydrogens is 340 g/mol. The van der Waals surface area contributed by atoms with Crippen molar-refractivity contribution >= 4 is 17.0 Å². The van der Waals surface area contributed by atoms with Gasteiger partial charge in [-0.15, -0.1) is 0 Å². The third-order valence-electron chi connectivity index (χ3n) is 3.44. The molecule has 0 heterocycles. The van der Waals surface area contributed by atoms with Gasteiger partial charge in [-0.1, -0.05) is 24.3 Å². The first-order valence-electron chi connectivity index (χ1n) is 7.08. The molecule has 2 aromatic rings. The van der Waals surface area contributed by atoms with Gasteiger partial charge < -0.3 is 15.0 Å². The zero-order chi connectivity index (χ0) is 17.7. The summed E-state index contributed by atoms with van der Waals surface area (Å²) in [5, 5.41) is 0. The topological polar surface area (TPSA) is 84.6 Å². The lowest BCUT2D eigenvalue weighted by Gasteiger charge is -2.21.